The van der Waals surface area contributed by atoms with Gasteiger partial charge in [0.1, 0.15) is 5.75 Å². The van der Waals surface area contributed by atoms with Gasteiger partial charge in [0, 0.05) is 11.1 Å². The van der Waals surface area contributed by atoms with Gasteiger partial charge in [0.05, 0.1) is 12.8 Å². The van der Waals surface area contributed by atoms with Crippen molar-refractivity contribution < 1.29 is 14.3 Å². The van der Waals surface area contributed by atoms with Gasteiger partial charge in [-0.25, -0.2) is 0 Å². The fourth-order valence-electron chi connectivity index (χ4n) is 2.72. The number of methoxy groups -OCH3 is 1. The SMILES string of the molecule is COc1ccc(Cl)cc1NC(=O)C(=O)NC1CCCCC1C. The van der Waals surface area contributed by atoms with E-state index in [4.69, 9.17) is 16.3 Å². The zero-order valence-electron chi connectivity index (χ0n) is 12.8. The number of amides is 2. The van der Waals surface area contributed by atoms with Gasteiger partial charge in [-0.1, -0.05) is 31.4 Å². The molecule has 120 valence electrons. The maximum atomic E-state index is 12.1. The van der Waals surface area contributed by atoms with E-state index >= 15 is 0 Å². The van der Waals surface area contributed by atoms with Crippen LogP contribution >= 0.6 is 11.6 Å². The van der Waals surface area contributed by atoms with E-state index in [2.05, 4.69) is 17.6 Å². The van der Waals surface area contributed by atoms with E-state index in [-0.39, 0.29) is 6.04 Å². The third kappa shape index (κ3) is 4.13. The fourth-order valence-corrected chi connectivity index (χ4v) is 2.89. The van der Waals surface area contributed by atoms with Gasteiger partial charge in [-0.15, -0.1) is 0 Å². The Bertz CT molecular complexity index is 562. The summed E-state index contributed by atoms with van der Waals surface area (Å²) in [5.74, 6) is -0.484. The van der Waals surface area contributed by atoms with Crippen LogP contribution in [-0.2, 0) is 9.59 Å². The second-order valence-electron chi connectivity index (χ2n) is 5.64. The van der Waals surface area contributed by atoms with E-state index in [0.717, 1.165) is 19.3 Å². The van der Waals surface area contributed by atoms with Gasteiger partial charge in [0.25, 0.3) is 0 Å². The maximum absolute atomic E-state index is 12.1. The highest BCUT2D eigenvalue weighted by atomic mass is 35.5. The fraction of sp³-hybridized carbons (Fsp3) is 0.500. The number of ether oxygens (including phenoxy) is 1. The molecule has 1 aromatic rings. The minimum Gasteiger partial charge on any atom is -0.495 e. The Labute approximate surface area is 135 Å². The van der Waals surface area contributed by atoms with E-state index in [1.165, 1.54) is 13.5 Å². The molecule has 2 unspecified atom stereocenters. The summed E-state index contributed by atoms with van der Waals surface area (Å²) in [5.41, 5.74) is 0.381. The molecule has 1 aliphatic carbocycles. The summed E-state index contributed by atoms with van der Waals surface area (Å²) in [7, 11) is 1.49. The lowest BCUT2D eigenvalue weighted by molar-refractivity contribution is -0.137. The molecule has 0 spiro atoms. The average molecular weight is 325 g/mol. The normalized spacial score (nSPS) is 21.0. The Kier molecular flexibility index (Phi) is 5.66. The summed E-state index contributed by atoms with van der Waals surface area (Å²) >= 11 is 5.90. The topological polar surface area (TPSA) is 67.4 Å². The maximum Gasteiger partial charge on any atom is 0.313 e. The molecule has 22 heavy (non-hydrogen) atoms. The Morgan fingerprint density at radius 1 is 1.23 bits per heavy atom. The highest BCUT2D eigenvalue weighted by molar-refractivity contribution is 6.40. The van der Waals surface area contributed by atoms with Crippen molar-refractivity contribution in [2.45, 2.75) is 38.6 Å². The molecule has 2 amide bonds. The van der Waals surface area contributed by atoms with Crippen molar-refractivity contribution in [2.24, 2.45) is 5.92 Å². The summed E-state index contributed by atoms with van der Waals surface area (Å²) in [4.78, 5) is 24.1. The van der Waals surface area contributed by atoms with Crippen LogP contribution in [0.5, 0.6) is 5.75 Å². The largest absolute Gasteiger partial charge is 0.495 e. The van der Waals surface area contributed by atoms with Crippen LogP contribution in [0.1, 0.15) is 32.6 Å². The molecule has 5 nitrogen and oxygen atoms in total. The third-order valence-electron chi connectivity index (χ3n) is 4.04. The van der Waals surface area contributed by atoms with Crippen molar-refractivity contribution in [3.8, 4) is 5.75 Å². The summed E-state index contributed by atoms with van der Waals surface area (Å²) in [6, 6.07) is 4.90. The molecule has 0 aliphatic heterocycles. The molecule has 1 fully saturated rings. The molecule has 2 N–H and O–H groups in total. The Morgan fingerprint density at radius 3 is 2.64 bits per heavy atom. The summed E-state index contributed by atoms with van der Waals surface area (Å²) in [6.45, 7) is 2.10. The number of carbonyl (C=O) groups excluding carboxylic acids is 2. The highest BCUT2D eigenvalue weighted by Crippen LogP contribution is 2.28. The number of halogens is 1. The standard InChI is InChI=1S/C16H21ClN2O3/c1-10-5-3-4-6-12(10)18-15(20)16(21)19-13-9-11(17)7-8-14(13)22-2/h7-10,12H,3-6H2,1-2H3,(H,18,20)(H,19,21). The highest BCUT2D eigenvalue weighted by Gasteiger charge is 2.25. The molecule has 6 heteroatoms. The lowest BCUT2D eigenvalue weighted by Crippen LogP contribution is -2.45. The lowest BCUT2D eigenvalue weighted by atomic mass is 9.86. The van der Waals surface area contributed by atoms with Crippen LogP contribution in [0.4, 0.5) is 5.69 Å². The predicted octanol–water partition coefficient (Wildman–Crippen LogP) is 2.98. The summed E-state index contributed by atoms with van der Waals surface area (Å²) in [5, 5.41) is 5.82. The van der Waals surface area contributed by atoms with E-state index < -0.39 is 11.8 Å². The second kappa shape index (κ2) is 7.49. The smallest absolute Gasteiger partial charge is 0.313 e. The van der Waals surface area contributed by atoms with Gasteiger partial charge in [0.2, 0.25) is 0 Å². The van der Waals surface area contributed by atoms with E-state index in [1.54, 1.807) is 18.2 Å². The minimum absolute atomic E-state index is 0.0632. The van der Waals surface area contributed by atoms with Gasteiger partial charge in [0.15, 0.2) is 0 Å². The molecule has 1 aliphatic rings. The molecule has 0 saturated heterocycles. The lowest BCUT2D eigenvalue weighted by Gasteiger charge is -2.29. The molecule has 1 saturated carbocycles. The first-order valence-corrected chi connectivity index (χ1v) is 7.84. The molecular formula is C16H21ClN2O3. The quantitative estimate of drug-likeness (QED) is 0.840. The van der Waals surface area contributed by atoms with Crippen LogP contribution in [0, 0.1) is 5.92 Å². The second-order valence-corrected chi connectivity index (χ2v) is 6.08. The van der Waals surface area contributed by atoms with Crippen molar-refractivity contribution in [1.29, 1.82) is 0 Å². The van der Waals surface area contributed by atoms with E-state index in [1.807, 2.05) is 0 Å². The van der Waals surface area contributed by atoms with Crippen molar-refractivity contribution in [2.75, 3.05) is 12.4 Å². The molecule has 2 atom stereocenters. The minimum atomic E-state index is -0.710. The van der Waals surface area contributed by atoms with Crippen molar-refractivity contribution >= 4 is 29.1 Å². The number of hydrogen-bond donors (Lipinski definition) is 2. The average Bonchev–Trinajstić information content (AvgIpc) is 2.49. The van der Waals surface area contributed by atoms with E-state index in [9.17, 15) is 9.59 Å². The summed E-state index contributed by atoms with van der Waals surface area (Å²) < 4.78 is 5.14. The van der Waals surface area contributed by atoms with Crippen LogP contribution in [0.3, 0.4) is 0 Å². The predicted molar refractivity (Wildman–Crippen MR) is 86.2 cm³/mol. The molecule has 0 radical (unpaired) electrons. The Hall–Kier alpha value is -1.75. The molecule has 0 bridgehead atoms. The number of nitrogens with one attached hydrogen (secondary N) is 2. The molecule has 0 heterocycles. The van der Waals surface area contributed by atoms with Crippen LogP contribution in [0.2, 0.25) is 5.02 Å². The van der Waals surface area contributed by atoms with Gasteiger partial charge in [-0.05, 0) is 37.0 Å². The van der Waals surface area contributed by atoms with Crippen LogP contribution in [0.25, 0.3) is 0 Å². The summed E-state index contributed by atoms with van der Waals surface area (Å²) in [6.07, 6.45) is 4.26. The van der Waals surface area contributed by atoms with E-state index in [0.29, 0.717) is 22.4 Å². The molecule has 1 aromatic carbocycles. The monoisotopic (exact) mass is 324 g/mol. The zero-order valence-corrected chi connectivity index (χ0v) is 13.6. The number of rotatable bonds is 3. The van der Waals surface area contributed by atoms with Gasteiger partial charge in [-0.3, -0.25) is 9.59 Å². The van der Waals surface area contributed by atoms with Crippen molar-refractivity contribution in [3.05, 3.63) is 23.2 Å². The van der Waals surface area contributed by atoms with Gasteiger partial charge in [-0.2, -0.15) is 0 Å². The number of anilines is 1. The number of hydrogen-bond acceptors (Lipinski definition) is 3. The van der Waals surface area contributed by atoms with Crippen LogP contribution in [0.15, 0.2) is 18.2 Å². The number of carbonyl (C=O) groups is 2. The molecule has 2 rings (SSSR count). The Morgan fingerprint density at radius 2 is 1.95 bits per heavy atom. The van der Waals surface area contributed by atoms with Crippen molar-refractivity contribution in [3.63, 3.8) is 0 Å². The van der Waals surface area contributed by atoms with Crippen LogP contribution < -0.4 is 15.4 Å². The first-order valence-electron chi connectivity index (χ1n) is 7.46. The number of benzene rings is 1. The van der Waals surface area contributed by atoms with Gasteiger partial charge < -0.3 is 15.4 Å². The van der Waals surface area contributed by atoms with Gasteiger partial charge >= 0.3 is 11.8 Å². The Balaban J connectivity index is 1.99. The third-order valence-corrected chi connectivity index (χ3v) is 4.28. The zero-order chi connectivity index (χ0) is 16.1. The molecular weight excluding hydrogens is 304 g/mol. The van der Waals surface area contributed by atoms with Crippen molar-refractivity contribution in [1.82, 2.24) is 5.32 Å². The first kappa shape index (κ1) is 16.6. The molecule has 0 aromatic heterocycles. The van der Waals surface area contributed by atoms with Crippen LogP contribution in [-0.4, -0.2) is 25.0 Å². The first-order chi connectivity index (χ1) is 10.5.